The maximum absolute atomic E-state index is 12.1. The Balaban J connectivity index is 2.46. The highest BCUT2D eigenvalue weighted by Gasteiger charge is 2.71. The Kier molecular flexibility index (Phi) is 4.63. The van der Waals surface area contributed by atoms with Crippen molar-refractivity contribution in [3.63, 3.8) is 0 Å². The molecule has 1 aromatic carbocycles. The van der Waals surface area contributed by atoms with Gasteiger partial charge in [-0.2, -0.15) is 0 Å². The van der Waals surface area contributed by atoms with Crippen LogP contribution in [0.3, 0.4) is 0 Å². The molecule has 1 aliphatic rings. The van der Waals surface area contributed by atoms with Crippen LogP contribution in [0.25, 0.3) is 0 Å². The molecule has 0 amide bonds. The van der Waals surface area contributed by atoms with E-state index in [1.165, 1.54) is 6.26 Å². The van der Waals surface area contributed by atoms with Gasteiger partial charge in [0.05, 0.1) is 22.3 Å². The molecule has 1 aliphatic carbocycles. The van der Waals surface area contributed by atoms with Crippen molar-refractivity contribution in [2.75, 3.05) is 19.5 Å². The second-order valence-electron chi connectivity index (χ2n) is 5.32. The van der Waals surface area contributed by atoms with Crippen LogP contribution in [0.2, 0.25) is 5.02 Å². The molecular weight excluding hydrogens is 330 g/mol. The average molecular weight is 348 g/mol. The standard InChI is InChI=1S/C14H18ClNO3S2/c1-3-19-8-14(13(16)20)11(12(14)21(2,17)18)9-4-6-10(15)7-5-9/h4-7,11-12H,3,8H2,1-2H3,(H2,16,20)/t11-,12+,14+/m1/s1. The van der Waals surface area contributed by atoms with E-state index in [0.717, 1.165) is 5.56 Å². The van der Waals surface area contributed by atoms with Gasteiger partial charge < -0.3 is 10.5 Å². The third kappa shape index (κ3) is 2.95. The van der Waals surface area contributed by atoms with Gasteiger partial charge in [0.15, 0.2) is 9.84 Å². The first kappa shape index (κ1) is 16.7. The average Bonchev–Trinajstić information content (AvgIpc) is 3.08. The molecule has 3 atom stereocenters. The lowest BCUT2D eigenvalue weighted by Crippen LogP contribution is -2.33. The fourth-order valence-electron chi connectivity index (χ4n) is 2.98. The van der Waals surface area contributed by atoms with Crippen LogP contribution in [0.15, 0.2) is 24.3 Å². The highest BCUT2D eigenvalue weighted by atomic mass is 35.5. The van der Waals surface area contributed by atoms with E-state index in [0.29, 0.717) is 11.6 Å². The lowest BCUT2D eigenvalue weighted by atomic mass is 10.00. The largest absolute Gasteiger partial charge is 0.393 e. The molecule has 0 bridgehead atoms. The smallest absolute Gasteiger partial charge is 0.152 e. The van der Waals surface area contributed by atoms with Gasteiger partial charge in [0.2, 0.25) is 0 Å². The second-order valence-corrected chi connectivity index (χ2v) is 8.36. The van der Waals surface area contributed by atoms with E-state index in [9.17, 15) is 8.42 Å². The maximum atomic E-state index is 12.1. The molecule has 4 nitrogen and oxygen atoms in total. The molecule has 116 valence electrons. The predicted molar refractivity (Wildman–Crippen MR) is 88.5 cm³/mol. The fraction of sp³-hybridized carbons (Fsp3) is 0.500. The van der Waals surface area contributed by atoms with Crippen LogP contribution in [0, 0.1) is 5.41 Å². The summed E-state index contributed by atoms with van der Waals surface area (Å²) < 4.78 is 29.7. The summed E-state index contributed by atoms with van der Waals surface area (Å²) in [6, 6.07) is 7.10. The van der Waals surface area contributed by atoms with Crippen molar-refractivity contribution in [3.8, 4) is 0 Å². The lowest BCUT2D eigenvalue weighted by Gasteiger charge is -2.16. The van der Waals surface area contributed by atoms with Crippen LogP contribution in [0.1, 0.15) is 18.4 Å². The van der Waals surface area contributed by atoms with Crippen LogP contribution in [-0.4, -0.2) is 38.1 Å². The van der Waals surface area contributed by atoms with Gasteiger partial charge in [-0.25, -0.2) is 8.42 Å². The Hall–Kier alpha value is -0.690. The van der Waals surface area contributed by atoms with Crippen LogP contribution in [0.5, 0.6) is 0 Å². The second kappa shape index (κ2) is 5.83. The number of sulfone groups is 1. The number of halogens is 1. The van der Waals surface area contributed by atoms with Crippen molar-refractivity contribution >= 4 is 38.6 Å². The topological polar surface area (TPSA) is 69.4 Å². The molecule has 0 aromatic heterocycles. The van der Waals surface area contributed by atoms with E-state index < -0.39 is 20.5 Å². The third-order valence-corrected chi connectivity index (χ3v) is 6.20. The first-order chi connectivity index (χ1) is 9.75. The van der Waals surface area contributed by atoms with Crippen molar-refractivity contribution < 1.29 is 13.2 Å². The molecule has 1 saturated carbocycles. The number of nitrogens with two attached hydrogens (primary N) is 1. The Morgan fingerprint density at radius 1 is 1.43 bits per heavy atom. The van der Waals surface area contributed by atoms with Crippen LogP contribution >= 0.6 is 23.8 Å². The van der Waals surface area contributed by atoms with Gasteiger partial charge in [-0.15, -0.1) is 0 Å². The number of hydrogen-bond donors (Lipinski definition) is 1. The van der Waals surface area contributed by atoms with Crippen LogP contribution < -0.4 is 5.73 Å². The molecule has 2 rings (SSSR count). The SMILES string of the molecule is CCOC[C@]1(C(N)=S)[C@H](c2ccc(Cl)cc2)[C@@H]1S(C)(=O)=O. The molecule has 0 heterocycles. The lowest BCUT2D eigenvalue weighted by molar-refractivity contribution is 0.121. The van der Waals surface area contributed by atoms with Crippen molar-refractivity contribution in [2.24, 2.45) is 11.1 Å². The molecule has 0 radical (unpaired) electrons. The van der Waals surface area contributed by atoms with Gasteiger partial charge in [0, 0.05) is 23.8 Å². The van der Waals surface area contributed by atoms with Gasteiger partial charge in [-0.1, -0.05) is 36.0 Å². The summed E-state index contributed by atoms with van der Waals surface area (Å²) in [5, 5.41) is -0.0451. The van der Waals surface area contributed by atoms with Gasteiger partial charge in [-0.05, 0) is 24.6 Å². The Labute approximate surface area is 135 Å². The zero-order valence-corrected chi connectivity index (χ0v) is 14.3. The van der Waals surface area contributed by atoms with Crippen molar-refractivity contribution in [3.05, 3.63) is 34.9 Å². The summed E-state index contributed by atoms with van der Waals surface area (Å²) in [5.74, 6) is -0.284. The minimum Gasteiger partial charge on any atom is -0.393 e. The van der Waals surface area contributed by atoms with Crippen molar-refractivity contribution in [1.82, 2.24) is 0 Å². The maximum Gasteiger partial charge on any atom is 0.152 e. The van der Waals surface area contributed by atoms with E-state index in [2.05, 4.69) is 0 Å². The third-order valence-electron chi connectivity index (χ3n) is 3.95. The van der Waals surface area contributed by atoms with E-state index in [4.69, 9.17) is 34.3 Å². The van der Waals surface area contributed by atoms with Gasteiger partial charge in [0.1, 0.15) is 0 Å². The summed E-state index contributed by atoms with van der Waals surface area (Å²) >= 11 is 11.1. The fourth-order valence-corrected chi connectivity index (χ4v) is 5.42. The quantitative estimate of drug-likeness (QED) is 0.798. The number of rotatable bonds is 6. The van der Waals surface area contributed by atoms with Crippen molar-refractivity contribution in [2.45, 2.75) is 18.1 Å². The summed E-state index contributed by atoms with van der Waals surface area (Å²) in [6.07, 6.45) is 1.21. The molecule has 1 aromatic rings. The van der Waals surface area contributed by atoms with Gasteiger partial charge in [-0.3, -0.25) is 0 Å². The molecule has 7 heteroatoms. The molecule has 0 saturated heterocycles. The summed E-state index contributed by atoms with van der Waals surface area (Å²) in [6.45, 7) is 2.54. The van der Waals surface area contributed by atoms with Crippen molar-refractivity contribution in [1.29, 1.82) is 0 Å². The molecular formula is C14H18ClNO3S2. The Morgan fingerprint density at radius 2 is 2.00 bits per heavy atom. The van der Waals surface area contributed by atoms with Crippen LogP contribution in [0.4, 0.5) is 0 Å². The highest BCUT2D eigenvalue weighted by Crippen LogP contribution is 2.63. The molecule has 0 aliphatic heterocycles. The highest BCUT2D eigenvalue weighted by molar-refractivity contribution is 7.92. The summed E-state index contributed by atoms with van der Waals surface area (Å²) in [7, 11) is -3.30. The van der Waals surface area contributed by atoms with E-state index in [-0.39, 0.29) is 17.5 Å². The number of ether oxygens (including phenoxy) is 1. The summed E-state index contributed by atoms with van der Waals surface area (Å²) in [5.41, 5.74) is 5.92. The zero-order chi connectivity index (χ0) is 15.8. The molecule has 1 fully saturated rings. The molecule has 0 spiro atoms. The number of thiocarbonyl (C=S) groups is 1. The monoisotopic (exact) mass is 347 g/mol. The first-order valence-corrected chi connectivity index (χ1v) is 9.31. The van der Waals surface area contributed by atoms with Gasteiger partial charge >= 0.3 is 0 Å². The molecule has 0 unspecified atom stereocenters. The predicted octanol–water partition coefficient (Wildman–Crippen LogP) is 2.16. The first-order valence-electron chi connectivity index (χ1n) is 6.57. The molecule has 2 N–H and O–H groups in total. The zero-order valence-electron chi connectivity index (χ0n) is 11.9. The Morgan fingerprint density at radius 3 is 2.43 bits per heavy atom. The summed E-state index contributed by atoms with van der Waals surface area (Å²) in [4.78, 5) is 0.186. The molecule has 21 heavy (non-hydrogen) atoms. The normalized spacial score (nSPS) is 28.3. The number of benzene rings is 1. The van der Waals surface area contributed by atoms with E-state index >= 15 is 0 Å². The number of hydrogen-bond acceptors (Lipinski definition) is 4. The van der Waals surface area contributed by atoms with E-state index in [1.54, 1.807) is 12.1 Å². The van der Waals surface area contributed by atoms with Crippen LogP contribution in [-0.2, 0) is 14.6 Å². The van der Waals surface area contributed by atoms with E-state index in [1.807, 2.05) is 19.1 Å². The van der Waals surface area contributed by atoms with Gasteiger partial charge in [0.25, 0.3) is 0 Å². The minimum absolute atomic E-state index is 0.186. The minimum atomic E-state index is -3.30. The Bertz CT molecular complexity index is 645.